The molecule has 7 heteroatoms. The summed E-state index contributed by atoms with van der Waals surface area (Å²) in [5, 5.41) is 9.83. The highest BCUT2D eigenvalue weighted by Crippen LogP contribution is 2.45. The Balaban J connectivity index is 2.05. The maximum absolute atomic E-state index is 13.2. The van der Waals surface area contributed by atoms with Crippen LogP contribution in [0, 0.1) is 11.6 Å². The van der Waals surface area contributed by atoms with Crippen LogP contribution in [0.15, 0.2) is 30.3 Å². The monoisotopic (exact) mass is 330 g/mol. The number of aliphatic hydroxyl groups excluding tert-OH is 1. The van der Waals surface area contributed by atoms with E-state index in [9.17, 15) is 27.1 Å². The third kappa shape index (κ3) is 3.01. The van der Waals surface area contributed by atoms with Crippen molar-refractivity contribution >= 4 is 0 Å². The summed E-state index contributed by atoms with van der Waals surface area (Å²) in [6, 6.07) is 4.42. The van der Waals surface area contributed by atoms with E-state index in [1.54, 1.807) is 0 Å². The second-order valence-electron chi connectivity index (χ2n) is 5.26. The molecule has 1 aliphatic carbocycles. The zero-order valence-corrected chi connectivity index (χ0v) is 11.6. The van der Waals surface area contributed by atoms with Crippen molar-refractivity contribution in [3.8, 4) is 11.5 Å². The molecule has 1 aliphatic rings. The van der Waals surface area contributed by atoms with Crippen LogP contribution in [-0.2, 0) is 12.6 Å². The summed E-state index contributed by atoms with van der Waals surface area (Å²) in [4.78, 5) is 0. The fourth-order valence-electron chi connectivity index (χ4n) is 2.77. The van der Waals surface area contributed by atoms with Crippen LogP contribution in [0.5, 0.6) is 11.5 Å². The normalized spacial score (nSPS) is 17.2. The van der Waals surface area contributed by atoms with Crippen molar-refractivity contribution in [2.45, 2.75) is 25.1 Å². The number of aliphatic hydroxyl groups is 1. The van der Waals surface area contributed by atoms with E-state index >= 15 is 0 Å². The van der Waals surface area contributed by atoms with E-state index in [1.165, 1.54) is 0 Å². The van der Waals surface area contributed by atoms with Gasteiger partial charge in [0.25, 0.3) is 0 Å². The first kappa shape index (κ1) is 15.7. The summed E-state index contributed by atoms with van der Waals surface area (Å²) in [7, 11) is 0. The molecule has 0 heterocycles. The summed E-state index contributed by atoms with van der Waals surface area (Å²) in [6.45, 7) is 0. The molecule has 0 bridgehead atoms. The van der Waals surface area contributed by atoms with Crippen LogP contribution in [0.3, 0.4) is 0 Å². The van der Waals surface area contributed by atoms with Crippen LogP contribution >= 0.6 is 0 Å². The van der Waals surface area contributed by atoms with Crippen molar-refractivity contribution in [1.82, 2.24) is 0 Å². The maximum Gasteiger partial charge on any atom is 0.416 e. The first-order chi connectivity index (χ1) is 10.8. The van der Waals surface area contributed by atoms with Crippen molar-refractivity contribution in [2.75, 3.05) is 0 Å². The van der Waals surface area contributed by atoms with Crippen molar-refractivity contribution in [2.24, 2.45) is 0 Å². The lowest BCUT2D eigenvalue weighted by Crippen LogP contribution is -2.11. The van der Waals surface area contributed by atoms with Crippen LogP contribution in [-0.4, -0.2) is 5.11 Å². The summed E-state index contributed by atoms with van der Waals surface area (Å²) in [5.41, 5.74) is -0.945. The molecule has 0 spiro atoms. The lowest BCUT2D eigenvalue weighted by atomic mass is 10.0. The molecule has 0 aromatic heterocycles. The number of rotatable bonds is 2. The lowest BCUT2D eigenvalue weighted by molar-refractivity contribution is -0.139. The van der Waals surface area contributed by atoms with Gasteiger partial charge in [0.15, 0.2) is 0 Å². The van der Waals surface area contributed by atoms with Gasteiger partial charge in [-0.15, -0.1) is 0 Å². The summed E-state index contributed by atoms with van der Waals surface area (Å²) < 4.78 is 70.8. The SMILES string of the molecule is OC1CCc2c(Oc3cc(F)cc(F)c3)ccc(C(F)(F)F)c21. The van der Waals surface area contributed by atoms with Gasteiger partial charge in [0.1, 0.15) is 23.1 Å². The van der Waals surface area contributed by atoms with Gasteiger partial charge in [0.05, 0.1) is 11.7 Å². The predicted molar refractivity (Wildman–Crippen MR) is 71.2 cm³/mol. The van der Waals surface area contributed by atoms with Crippen LogP contribution in [0.2, 0.25) is 0 Å². The smallest absolute Gasteiger partial charge is 0.416 e. The molecule has 3 rings (SSSR count). The molecular weight excluding hydrogens is 319 g/mol. The maximum atomic E-state index is 13.2. The Morgan fingerprint density at radius 3 is 2.30 bits per heavy atom. The molecule has 1 N–H and O–H groups in total. The summed E-state index contributed by atoms with van der Waals surface area (Å²) in [5.74, 6) is -1.83. The third-order valence-electron chi connectivity index (χ3n) is 3.68. The van der Waals surface area contributed by atoms with Gasteiger partial charge >= 0.3 is 6.18 Å². The number of alkyl halides is 3. The topological polar surface area (TPSA) is 29.5 Å². The highest BCUT2D eigenvalue weighted by atomic mass is 19.4. The molecule has 0 radical (unpaired) electrons. The van der Waals surface area contributed by atoms with Gasteiger partial charge in [-0.2, -0.15) is 13.2 Å². The molecule has 2 aromatic carbocycles. The molecule has 0 fully saturated rings. The Morgan fingerprint density at radius 2 is 1.70 bits per heavy atom. The zero-order chi connectivity index (χ0) is 16.8. The average Bonchev–Trinajstić information content (AvgIpc) is 2.79. The molecule has 1 unspecified atom stereocenters. The quantitative estimate of drug-likeness (QED) is 0.805. The summed E-state index contributed by atoms with van der Waals surface area (Å²) >= 11 is 0. The van der Waals surface area contributed by atoms with Gasteiger partial charge in [0, 0.05) is 23.8 Å². The Kier molecular flexibility index (Phi) is 3.75. The molecule has 0 saturated heterocycles. The highest BCUT2D eigenvalue weighted by molar-refractivity contribution is 5.51. The standard InChI is InChI=1S/C16H11F5O2/c17-8-5-9(18)7-10(6-8)23-14-4-2-12(16(19,20)21)15-11(14)1-3-13(15)22/h2,4-7,13,22H,1,3H2. The fourth-order valence-corrected chi connectivity index (χ4v) is 2.77. The molecular formula is C16H11F5O2. The van der Waals surface area contributed by atoms with Crippen LogP contribution < -0.4 is 4.74 Å². The third-order valence-corrected chi connectivity index (χ3v) is 3.68. The highest BCUT2D eigenvalue weighted by Gasteiger charge is 2.39. The van der Waals surface area contributed by atoms with Gasteiger partial charge in [-0.3, -0.25) is 0 Å². The van der Waals surface area contributed by atoms with Gasteiger partial charge in [-0.25, -0.2) is 8.78 Å². The van der Waals surface area contributed by atoms with E-state index in [0.29, 0.717) is 6.07 Å². The number of ether oxygens (including phenoxy) is 1. The number of halogens is 5. The zero-order valence-electron chi connectivity index (χ0n) is 11.6. The molecule has 23 heavy (non-hydrogen) atoms. The van der Waals surface area contributed by atoms with Crippen molar-refractivity contribution < 1.29 is 31.8 Å². The molecule has 122 valence electrons. The fraction of sp³-hybridized carbons (Fsp3) is 0.250. The Labute approximate surface area is 128 Å². The minimum atomic E-state index is -4.60. The Morgan fingerprint density at radius 1 is 1.04 bits per heavy atom. The van der Waals surface area contributed by atoms with Crippen molar-refractivity contribution in [3.05, 3.63) is 58.7 Å². The Bertz CT molecular complexity index is 735. The van der Waals surface area contributed by atoms with E-state index < -0.39 is 29.5 Å². The number of benzene rings is 2. The first-order valence-electron chi connectivity index (χ1n) is 6.80. The first-order valence-corrected chi connectivity index (χ1v) is 6.80. The number of hydrogen-bond donors (Lipinski definition) is 1. The van der Waals surface area contributed by atoms with E-state index in [0.717, 1.165) is 24.3 Å². The number of hydrogen-bond acceptors (Lipinski definition) is 2. The van der Waals surface area contributed by atoms with E-state index in [1.807, 2.05) is 0 Å². The minimum absolute atomic E-state index is 0.0505. The molecule has 2 aromatic rings. The second kappa shape index (κ2) is 5.49. The predicted octanol–water partition coefficient (Wildman–Crippen LogP) is 4.76. The average molecular weight is 330 g/mol. The van der Waals surface area contributed by atoms with E-state index in [2.05, 4.69) is 0 Å². The molecule has 2 nitrogen and oxygen atoms in total. The van der Waals surface area contributed by atoms with E-state index in [-0.39, 0.29) is 35.5 Å². The van der Waals surface area contributed by atoms with Crippen LogP contribution in [0.25, 0.3) is 0 Å². The van der Waals surface area contributed by atoms with Crippen molar-refractivity contribution in [3.63, 3.8) is 0 Å². The number of fused-ring (bicyclic) bond motifs is 1. The molecule has 0 aliphatic heterocycles. The van der Waals surface area contributed by atoms with Gasteiger partial charge in [-0.05, 0) is 30.5 Å². The van der Waals surface area contributed by atoms with Gasteiger partial charge in [-0.1, -0.05) is 0 Å². The second-order valence-corrected chi connectivity index (χ2v) is 5.26. The molecule has 1 atom stereocenters. The Hall–Kier alpha value is -2.15. The van der Waals surface area contributed by atoms with Crippen LogP contribution in [0.4, 0.5) is 22.0 Å². The van der Waals surface area contributed by atoms with Crippen molar-refractivity contribution in [1.29, 1.82) is 0 Å². The van der Waals surface area contributed by atoms with Gasteiger partial charge in [0.2, 0.25) is 0 Å². The molecule has 0 amide bonds. The minimum Gasteiger partial charge on any atom is -0.457 e. The lowest BCUT2D eigenvalue weighted by Gasteiger charge is -2.17. The van der Waals surface area contributed by atoms with Crippen LogP contribution in [0.1, 0.15) is 29.2 Å². The van der Waals surface area contributed by atoms with E-state index in [4.69, 9.17) is 4.74 Å². The van der Waals surface area contributed by atoms with Gasteiger partial charge < -0.3 is 9.84 Å². The summed E-state index contributed by atoms with van der Waals surface area (Å²) in [6.07, 6.45) is -5.52. The molecule has 0 saturated carbocycles. The largest absolute Gasteiger partial charge is 0.457 e.